The van der Waals surface area contributed by atoms with Crippen molar-refractivity contribution in [3.63, 3.8) is 0 Å². The van der Waals surface area contributed by atoms with Crippen molar-refractivity contribution in [3.05, 3.63) is 34.1 Å². The summed E-state index contributed by atoms with van der Waals surface area (Å²) in [4.78, 5) is 14.1. The number of hydrogen-bond acceptors (Lipinski definition) is 2. The van der Waals surface area contributed by atoms with Crippen molar-refractivity contribution in [1.29, 1.82) is 0 Å². The summed E-state index contributed by atoms with van der Waals surface area (Å²) in [6.07, 6.45) is 0. The number of nitrogens with one attached hydrogen (secondary N) is 1. The fraction of sp³-hybridized carbons (Fsp3) is 0.462. The van der Waals surface area contributed by atoms with Crippen molar-refractivity contribution < 1.29 is 9.18 Å². The smallest absolute Gasteiger partial charge is 0.252 e. The molecular weight excluding hydrogens is 299 g/mol. The summed E-state index contributed by atoms with van der Waals surface area (Å²) >= 11 is 3.18. The van der Waals surface area contributed by atoms with Crippen molar-refractivity contribution in [3.8, 4) is 0 Å². The SMILES string of the molecule is CCN(CC)CCNC(=O)c1ccc(F)cc1Br. The van der Waals surface area contributed by atoms with Gasteiger partial charge in [-0.3, -0.25) is 4.79 Å². The van der Waals surface area contributed by atoms with Crippen LogP contribution in [0.3, 0.4) is 0 Å². The Labute approximate surface area is 115 Å². The minimum absolute atomic E-state index is 0.186. The van der Waals surface area contributed by atoms with Gasteiger partial charge in [-0.25, -0.2) is 4.39 Å². The Morgan fingerprint density at radius 1 is 1.39 bits per heavy atom. The molecule has 0 spiro atoms. The van der Waals surface area contributed by atoms with Crippen molar-refractivity contribution >= 4 is 21.8 Å². The van der Waals surface area contributed by atoms with Gasteiger partial charge in [0, 0.05) is 17.6 Å². The van der Waals surface area contributed by atoms with E-state index in [9.17, 15) is 9.18 Å². The lowest BCUT2D eigenvalue weighted by Crippen LogP contribution is -2.34. The minimum atomic E-state index is -0.360. The second kappa shape index (κ2) is 7.48. The zero-order chi connectivity index (χ0) is 13.5. The summed E-state index contributed by atoms with van der Waals surface area (Å²) in [5.41, 5.74) is 0.455. The summed E-state index contributed by atoms with van der Waals surface area (Å²) < 4.78 is 13.4. The molecule has 0 radical (unpaired) electrons. The molecule has 1 N–H and O–H groups in total. The van der Waals surface area contributed by atoms with E-state index in [1.165, 1.54) is 18.2 Å². The van der Waals surface area contributed by atoms with Crippen LogP contribution in [0, 0.1) is 5.82 Å². The van der Waals surface area contributed by atoms with Crippen LogP contribution in [0.15, 0.2) is 22.7 Å². The van der Waals surface area contributed by atoms with E-state index in [4.69, 9.17) is 0 Å². The molecule has 1 amide bonds. The molecule has 5 heteroatoms. The van der Waals surface area contributed by atoms with Crippen LogP contribution < -0.4 is 5.32 Å². The standard InChI is InChI=1S/C13H18BrFN2O/c1-3-17(4-2)8-7-16-13(18)11-6-5-10(15)9-12(11)14/h5-6,9H,3-4,7-8H2,1-2H3,(H,16,18). The predicted molar refractivity (Wildman–Crippen MR) is 74.2 cm³/mol. The maximum atomic E-state index is 12.9. The number of carbonyl (C=O) groups excluding carboxylic acids is 1. The van der Waals surface area contributed by atoms with Gasteiger partial charge in [0.25, 0.3) is 5.91 Å². The highest BCUT2D eigenvalue weighted by molar-refractivity contribution is 9.10. The fourth-order valence-electron chi connectivity index (χ4n) is 1.64. The number of nitrogens with zero attached hydrogens (tertiary/aromatic N) is 1. The summed E-state index contributed by atoms with van der Waals surface area (Å²) in [7, 11) is 0. The van der Waals surface area contributed by atoms with Crippen LogP contribution in [0.5, 0.6) is 0 Å². The molecule has 0 unspecified atom stereocenters. The molecule has 0 aliphatic heterocycles. The molecular formula is C13H18BrFN2O. The van der Waals surface area contributed by atoms with Crippen LogP contribution in [0.2, 0.25) is 0 Å². The monoisotopic (exact) mass is 316 g/mol. The van der Waals surface area contributed by atoms with Crippen LogP contribution in [-0.4, -0.2) is 37.0 Å². The maximum absolute atomic E-state index is 12.9. The molecule has 0 aromatic heterocycles. The van der Waals surface area contributed by atoms with Gasteiger partial charge in [-0.05, 0) is 47.2 Å². The Morgan fingerprint density at radius 2 is 2.06 bits per heavy atom. The van der Waals surface area contributed by atoms with Gasteiger partial charge < -0.3 is 10.2 Å². The Hall–Kier alpha value is -0.940. The molecule has 0 bridgehead atoms. The van der Waals surface area contributed by atoms with Crippen LogP contribution in [0.4, 0.5) is 4.39 Å². The number of likely N-dealkylation sites (N-methyl/N-ethyl adjacent to an activating group) is 1. The first-order valence-corrected chi connectivity index (χ1v) is 6.83. The lowest BCUT2D eigenvalue weighted by Gasteiger charge is -2.18. The first kappa shape index (κ1) is 15.1. The largest absolute Gasteiger partial charge is 0.351 e. The van der Waals surface area contributed by atoms with Crippen molar-refractivity contribution in [2.45, 2.75) is 13.8 Å². The molecule has 0 aliphatic carbocycles. The molecule has 3 nitrogen and oxygen atoms in total. The molecule has 0 atom stereocenters. The number of halogens is 2. The Morgan fingerprint density at radius 3 is 2.61 bits per heavy atom. The first-order valence-electron chi connectivity index (χ1n) is 6.04. The van der Waals surface area contributed by atoms with Gasteiger partial charge in [0.1, 0.15) is 5.82 Å². The van der Waals surface area contributed by atoms with Crippen molar-refractivity contribution in [1.82, 2.24) is 10.2 Å². The first-order chi connectivity index (χ1) is 8.58. The quantitative estimate of drug-likeness (QED) is 0.875. The second-order valence-electron chi connectivity index (χ2n) is 3.91. The van der Waals surface area contributed by atoms with E-state index < -0.39 is 0 Å². The van der Waals surface area contributed by atoms with E-state index >= 15 is 0 Å². The zero-order valence-electron chi connectivity index (χ0n) is 10.7. The van der Waals surface area contributed by atoms with E-state index in [1.54, 1.807) is 0 Å². The molecule has 18 heavy (non-hydrogen) atoms. The number of hydrogen-bond donors (Lipinski definition) is 1. The van der Waals surface area contributed by atoms with Crippen molar-refractivity contribution in [2.24, 2.45) is 0 Å². The number of rotatable bonds is 6. The fourth-order valence-corrected chi connectivity index (χ4v) is 2.17. The van der Waals surface area contributed by atoms with Gasteiger partial charge in [0.2, 0.25) is 0 Å². The van der Waals surface area contributed by atoms with Gasteiger partial charge in [-0.2, -0.15) is 0 Å². The van der Waals surface area contributed by atoms with Crippen LogP contribution >= 0.6 is 15.9 Å². The Bertz CT molecular complexity index is 408. The van der Waals surface area contributed by atoms with Gasteiger partial charge >= 0.3 is 0 Å². The van der Waals surface area contributed by atoms with Gasteiger partial charge in [0.15, 0.2) is 0 Å². The van der Waals surface area contributed by atoms with E-state index in [2.05, 4.69) is 40.0 Å². The van der Waals surface area contributed by atoms with Crippen molar-refractivity contribution in [2.75, 3.05) is 26.2 Å². The molecule has 0 saturated heterocycles. The van der Waals surface area contributed by atoms with E-state index in [-0.39, 0.29) is 11.7 Å². The van der Waals surface area contributed by atoms with Gasteiger partial charge in [0.05, 0.1) is 5.56 Å². The summed E-state index contributed by atoms with van der Waals surface area (Å²) in [6, 6.07) is 4.05. The number of amides is 1. The van der Waals surface area contributed by atoms with Crippen LogP contribution in [0.25, 0.3) is 0 Å². The van der Waals surface area contributed by atoms with Gasteiger partial charge in [-0.15, -0.1) is 0 Å². The molecule has 1 rings (SSSR count). The van der Waals surface area contributed by atoms with E-state index in [0.29, 0.717) is 16.6 Å². The van der Waals surface area contributed by atoms with Gasteiger partial charge in [-0.1, -0.05) is 13.8 Å². The van der Waals surface area contributed by atoms with E-state index in [0.717, 1.165) is 19.6 Å². The lowest BCUT2D eigenvalue weighted by molar-refractivity contribution is 0.0948. The highest BCUT2D eigenvalue weighted by atomic mass is 79.9. The average Bonchev–Trinajstić information content (AvgIpc) is 2.34. The summed E-state index contributed by atoms with van der Waals surface area (Å²) in [5.74, 6) is -0.546. The third-order valence-electron chi connectivity index (χ3n) is 2.78. The molecule has 100 valence electrons. The highest BCUT2D eigenvalue weighted by Crippen LogP contribution is 2.17. The normalized spacial score (nSPS) is 10.7. The molecule has 0 aliphatic rings. The highest BCUT2D eigenvalue weighted by Gasteiger charge is 2.10. The third kappa shape index (κ3) is 4.38. The topological polar surface area (TPSA) is 32.3 Å². The number of benzene rings is 1. The second-order valence-corrected chi connectivity index (χ2v) is 4.76. The molecule has 0 heterocycles. The number of carbonyl (C=O) groups is 1. The Kier molecular flexibility index (Phi) is 6.29. The predicted octanol–water partition coefficient (Wildman–Crippen LogP) is 2.66. The maximum Gasteiger partial charge on any atom is 0.252 e. The molecule has 0 saturated carbocycles. The lowest BCUT2D eigenvalue weighted by atomic mass is 10.2. The zero-order valence-corrected chi connectivity index (χ0v) is 12.3. The minimum Gasteiger partial charge on any atom is -0.351 e. The molecule has 0 fully saturated rings. The van der Waals surface area contributed by atoms with Crippen LogP contribution in [-0.2, 0) is 0 Å². The average molecular weight is 317 g/mol. The summed E-state index contributed by atoms with van der Waals surface area (Å²) in [5, 5.41) is 2.83. The van der Waals surface area contributed by atoms with Crippen LogP contribution in [0.1, 0.15) is 24.2 Å². The third-order valence-corrected chi connectivity index (χ3v) is 3.44. The molecule has 1 aromatic rings. The Balaban J connectivity index is 2.50. The summed E-state index contributed by atoms with van der Waals surface area (Å²) in [6.45, 7) is 7.50. The van der Waals surface area contributed by atoms with E-state index in [1.807, 2.05) is 0 Å². The molecule has 1 aromatic carbocycles.